The average Bonchev–Trinajstić information content (AvgIpc) is 3.43. The van der Waals surface area contributed by atoms with E-state index in [0.717, 1.165) is 61.5 Å². The van der Waals surface area contributed by atoms with Gasteiger partial charge >= 0.3 is 6.09 Å². The van der Waals surface area contributed by atoms with Crippen molar-refractivity contribution in [3.05, 3.63) is 35.8 Å². The van der Waals surface area contributed by atoms with Gasteiger partial charge in [-0.2, -0.15) is 0 Å². The van der Waals surface area contributed by atoms with E-state index in [9.17, 15) is 14.0 Å². The number of carbonyl (C=O) groups excluding carboxylic acids is 2. The van der Waals surface area contributed by atoms with Crippen molar-refractivity contribution in [3.63, 3.8) is 0 Å². The molecular formula is C27H39FN4O3. The van der Waals surface area contributed by atoms with Crippen molar-refractivity contribution in [1.82, 2.24) is 20.5 Å². The molecule has 2 amide bonds. The number of hydrogen-bond acceptors (Lipinski definition) is 4. The molecule has 7 nitrogen and oxygen atoms in total. The Bertz CT molecular complexity index is 1030. The molecule has 3 N–H and O–H groups in total. The maximum Gasteiger partial charge on any atom is 0.408 e. The molecule has 2 heterocycles. The van der Waals surface area contributed by atoms with Crippen LogP contribution in [-0.4, -0.2) is 59.2 Å². The van der Waals surface area contributed by atoms with Crippen molar-refractivity contribution in [2.24, 2.45) is 5.92 Å². The van der Waals surface area contributed by atoms with Crippen LogP contribution in [0.4, 0.5) is 9.18 Å². The van der Waals surface area contributed by atoms with Crippen LogP contribution in [0.25, 0.3) is 10.9 Å². The number of halogens is 1. The summed E-state index contributed by atoms with van der Waals surface area (Å²) in [4.78, 5) is 31.1. The maximum absolute atomic E-state index is 13.5. The number of ether oxygens (including phenoxy) is 1. The van der Waals surface area contributed by atoms with Gasteiger partial charge in [0, 0.05) is 36.2 Å². The first-order valence-electron chi connectivity index (χ1n) is 13.0. The van der Waals surface area contributed by atoms with Crippen LogP contribution in [0.3, 0.4) is 0 Å². The summed E-state index contributed by atoms with van der Waals surface area (Å²) < 4.78 is 18.9. The van der Waals surface area contributed by atoms with Crippen molar-refractivity contribution in [2.75, 3.05) is 19.6 Å². The molecule has 2 aromatic rings. The van der Waals surface area contributed by atoms with E-state index in [1.807, 2.05) is 37.9 Å². The summed E-state index contributed by atoms with van der Waals surface area (Å²) in [6, 6.07) is 4.50. The normalized spacial score (nSPS) is 20.2. The van der Waals surface area contributed by atoms with E-state index in [1.165, 1.54) is 18.6 Å². The summed E-state index contributed by atoms with van der Waals surface area (Å²) in [6.07, 6.45) is 8.40. The van der Waals surface area contributed by atoms with Crippen LogP contribution in [0.1, 0.15) is 64.9 Å². The fourth-order valence-electron chi connectivity index (χ4n) is 5.38. The average molecular weight is 487 g/mol. The largest absolute Gasteiger partial charge is 0.444 e. The molecule has 1 aromatic carbocycles. The summed E-state index contributed by atoms with van der Waals surface area (Å²) in [5.74, 6) is -0.0828. The smallest absolute Gasteiger partial charge is 0.408 e. The van der Waals surface area contributed by atoms with E-state index < -0.39 is 17.7 Å². The lowest BCUT2D eigenvalue weighted by molar-refractivity contribution is -0.134. The SMILES string of the molecule is CC(C)(C)OC(=O)NC(C(=O)N1CCC(NCCc2c[nH]c3cc(F)ccc23)C1)C1CCCCC1. The third-order valence-corrected chi connectivity index (χ3v) is 7.12. The van der Waals surface area contributed by atoms with Gasteiger partial charge in [0.25, 0.3) is 0 Å². The Morgan fingerprint density at radius 2 is 1.97 bits per heavy atom. The number of likely N-dealkylation sites (tertiary alicyclic amines) is 1. The number of aromatic amines is 1. The molecule has 1 aromatic heterocycles. The number of alkyl carbamates (subject to hydrolysis) is 1. The number of nitrogens with zero attached hydrogens (tertiary/aromatic N) is 1. The van der Waals surface area contributed by atoms with Crippen molar-refractivity contribution in [3.8, 4) is 0 Å². The molecule has 2 unspecified atom stereocenters. The standard InChI is InChI=1S/C27H39FN4O3/c1-27(2,3)35-26(34)31-24(18-7-5-4-6-8-18)25(33)32-14-12-21(17-32)29-13-11-19-16-30-23-15-20(28)9-10-22(19)23/h9-10,15-16,18,21,24,29-30H,4-8,11-14,17H2,1-3H3,(H,31,34). The highest BCUT2D eigenvalue weighted by Gasteiger charge is 2.37. The Labute approximate surface area is 207 Å². The zero-order chi connectivity index (χ0) is 25.0. The third kappa shape index (κ3) is 6.75. The zero-order valence-electron chi connectivity index (χ0n) is 21.2. The number of amides is 2. The van der Waals surface area contributed by atoms with Crippen molar-refractivity contribution in [1.29, 1.82) is 0 Å². The number of nitrogens with one attached hydrogen (secondary N) is 3. The lowest BCUT2D eigenvalue weighted by atomic mass is 9.83. The molecule has 1 saturated carbocycles. The van der Waals surface area contributed by atoms with E-state index >= 15 is 0 Å². The summed E-state index contributed by atoms with van der Waals surface area (Å²) >= 11 is 0. The lowest BCUT2D eigenvalue weighted by Gasteiger charge is -2.33. The van der Waals surface area contributed by atoms with Crippen LogP contribution >= 0.6 is 0 Å². The first kappa shape index (κ1) is 25.5. The number of hydrogen-bond donors (Lipinski definition) is 3. The van der Waals surface area contributed by atoms with Gasteiger partial charge in [0.15, 0.2) is 0 Å². The fourth-order valence-corrected chi connectivity index (χ4v) is 5.38. The molecule has 1 aliphatic heterocycles. The molecule has 2 aliphatic rings. The summed E-state index contributed by atoms with van der Waals surface area (Å²) in [5, 5.41) is 7.53. The molecule has 2 fully saturated rings. The second-order valence-corrected chi connectivity index (χ2v) is 11.0. The van der Waals surface area contributed by atoms with E-state index in [-0.39, 0.29) is 23.7 Å². The minimum atomic E-state index is -0.605. The number of H-pyrrole nitrogens is 1. The molecule has 8 heteroatoms. The monoisotopic (exact) mass is 486 g/mol. The number of benzene rings is 1. The quantitative estimate of drug-likeness (QED) is 0.537. The third-order valence-electron chi connectivity index (χ3n) is 7.12. The van der Waals surface area contributed by atoms with Gasteiger partial charge in [0.2, 0.25) is 5.91 Å². The Morgan fingerprint density at radius 1 is 1.20 bits per heavy atom. The van der Waals surface area contributed by atoms with Crippen LogP contribution in [0, 0.1) is 11.7 Å². The zero-order valence-corrected chi connectivity index (χ0v) is 21.2. The molecule has 2 atom stereocenters. The molecule has 1 aliphatic carbocycles. The van der Waals surface area contributed by atoms with Gasteiger partial charge in [-0.1, -0.05) is 19.3 Å². The molecular weight excluding hydrogens is 447 g/mol. The van der Waals surface area contributed by atoms with Gasteiger partial charge in [-0.3, -0.25) is 4.79 Å². The predicted molar refractivity (Wildman–Crippen MR) is 135 cm³/mol. The molecule has 0 bridgehead atoms. The van der Waals surface area contributed by atoms with E-state index in [4.69, 9.17) is 4.74 Å². The van der Waals surface area contributed by atoms with Crippen LogP contribution in [-0.2, 0) is 16.0 Å². The Hall–Kier alpha value is -2.61. The summed E-state index contributed by atoms with van der Waals surface area (Å²) in [6.45, 7) is 7.58. The van der Waals surface area contributed by atoms with E-state index in [1.54, 1.807) is 0 Å². The fraction of sp³-hybridized carbons (Fsp3) is 0.630. The van der Waals surface area contributed by atoms with Gasteiger partial charge in [-0.25, -0.2) is 9.18 Å². The van der Waals surface area contributed by atoms with Gasteiger partial charge in [0.05, 0.1) is 0 Å². The number of aromatic nitrogens is 1. The van der Waals surface area contributed by atoms with Gasteiger partial charge in [-0.05, 0) is 82.7 Å². The van der Waals surface area contributed by atoms with Gasteiger partial charge in [-0.15, -0.1) is 0 Å². The predicted octanol–water partition coefficient (Wildman–Crippen LogP) is 4.51. The molecule has 4 rings (SSSR count). The van der Waals surface area contributed by atoms with E-state index in [2.05, 4.69) is 15.6 Å². The summed E-state index contributed by atoms with van der Waals surface area (Å²) in [7, 11) is 0. The van der Waals surface area contributed by atoms with Crippen LogP contribution in [0.15, 0.2) is 24.4 Å². The topological polar surface area (TPSA) is 86.5 Å². The Kier molecular flexibility index (Phi) is 7.99. The highest BCUT2D eigenvalue weighted by atomic mass is 19.1. The second kappa shape index (κ2) is 11.0. The maximum atomic E-state index is 13.5. The number of fused-ring (bicyclic) bond motifs is 1. The van der Waals surface area contributed by atoms with Crippen LogP contribution in [0.5, 0.6) is 0 Å². The first-order valence-corrected chi connectivity index (χ1v) is 13.0. The summed E-state index contributed by atoms with van der Waals surface area (Å²) in [5.41, 5.74) is 1.35. The van der Waals surface area contributed by atoms with Crippen molar-refractivity contribution < 1.29 is 18.7 Å². The number of rotatable bonds is 7. The minimum Gasteiger partial charge on any atom is -0.444 e. The van der Waals surface area contributed by atoms with E-state index in [0.29, 0.717) is 13.1 Å². The van der Waals surface area contributed by atoms with Crippen molar-refractivity contribution in [2.45, 2.75) is 83.4 Å². The Balaban J connectivity index is 1.31. The molecule has 192 valence electrons. The van der Waals surface area contributed by atoms with Gasteiger partial charge in [0.1, 0.15) is 17.5 Å². The van der Waals surface area contributed by atoms with Crippen LogP contribution in [0.2, 0.25) is 0 Å². The lowest BCUT2D eigenvalue weighted by Crippen LogP contribution is -2.53. The highest BCUT2D eigenvalue weighted by molar-refractivity contribution is 5.86. The molecule has 0 spiro atoms. The first-order chi connectivity index (χ1) is 16.7. The van der Waals surface area contributed by atoms with Crippen molar-refractivity contribution >= 4 is 22.9 Å². The molecule has 35 heavy (non-hydrogen) atoms. The Morgan fingerprint density at radius 3 is 2.71 bits per heavy atom. The number of carbonyl (C=O) groups is 2. The highest BCUT2D eigenvalue weighted by Crippen LogP contribution is 2.28. The second-order valence-electron chi connectivity index (χ2n) is 11.0. The molecule has 0 radical (unpaired) electrons. The minimum absolute atomic E-state index is 0.00529. The van der Waals surface area contributed by atoms with Crippen LogP contribution < -0.4 is 10.6 Å². The van der Waals surface area contributed by atoms with Gasteiger partial charge < -0.3 is 25.3 Å². The molecule has 1 saturated heterocycles.